The highest BCUT2D eigenvalue weighted by atomic mass is 31.2. The number of esters is 2. The van der Waals surface area contributed by atoms with Crippen molar-refractivity contribution in [1.82, 2.24) is 0 Å². The molecular formula is C86H153NO8P+. The molecule has 10 heteroatoms. The summed E-state index contributed by atoms with van der Waals surface area (Å²) in [5.41, 5.74) is 0. The van der Waals surface area contributed by atoms with E-state index in [9.17, 15) is 19.0 Å². The second-order valence-corrected chi connectivity index (χ2v) is 29.5. The zero-order chi connectivity index (χ0) is 69.7. The van der Waals surface area contributed by atoms with Crippen LogP contribution < -0.4 is 0 Å². The number of hydrogen-bond donors (Lipinski definition) is 1. The van der Waals surface area contributed by atoms with Gasteiger partial charge >= 0.3 is 19.8 Å². The molecule has 0 rings (SSSR count). The minimum absolute atomic E-state index is 0.0270. The molecule has 0 aliphatic carbocycles. The first-order chi connectivity index (χ1) is 47.0. The molecule has 0 radical (unpaired) electrons. The number of hydrogen-bond acceptors (Lipinski definition) is 7. The number of phosphoric ester groups is 1. The van der Waals surface area contributed by atoms with Gasteiger partial charge in [-0.1, -0.05) is 360 Å². The lowest BCUT2D eigenvalue weighted by Crippen LogP contribution is -2.37. The van der Waals surface area contributed by atoms with Gasteiger partial charge in [-0.05, 0) is 109 Å². The fourth-order valence-corrected chi connectivity index (χ4v) is 12.1. The van der Waals surface area contributed by atoms with Crippen molar-refractivity contribution < 1.29 is 42.1 Å². The molecule has 0 fully saturated rings. The Balaban J connectivity index is 3.95. The molecule has 0 aromatic carbocycles. The van der Waals surface area contributed by atoms with Crippen LogP contribution in [-0.4, -0.2) is 74.9 Å². The first-order valence-corrected chi connectivity index (χ1v) is 41.8. The normalized spacial score (nSPS) is 13.7. The fourth-order valence-electron chi connectivity index (χ4n) is 11.4. The van der Waals surface area contributed by atoms with E-state index < -0.39 is 26.5 Å². The number of quaternary nitrogens is 1. The van der Waals surface area contributed by atoms with E-state index >= 15 is 0 Å². The molecule has 0 bridgehead atoms. The number of nitrogens with zero attached hydrogens (tertiary/aromatic N) is 1. The molecule has 96 heavy (non-hydrogen) atoms. The van der Waals surface area contributed by atoms with Gasteiger partial charge in [0, 0.05) is 12.8 Å². The van der Waals surface area contributed by atoms with Crippen LogP contribution in [0.4, 0.5) is 0 Å². The minimum Gasteiger partial charge on any atom is -0.462 e. The molecule has 0 saturated carbocycles. The van der Waals surface area contributed by atoms with Crippen molar-refractivity contribution in [3.63, 3.8) is 0 Å². The molecule has 2 atom stereocenters. The van der Waals surface area contributed by atoms with E-state index in [0.29, 0.717) is 17.4 Å². The number of unbranched alkanes of at least 4 members (excludes halogenated alkanes) is 40. The Morgan fingerprint density at radius 3 is 0.885 bits per heavy atom. The maximum absolute atomic E-state index is 12.9. The minimum atomic E-state index is -4.40. The molecule has 554 valence electrons. The highest BCUT2D eigenvalue weighted by Crippen LogP contribution is 2.43. The van der Waals surface area contributed by atoms with Crippen LogP contribution in [0.5, 0.6) is 0 Å². The highest BCUT2D eigenvalue weighted by Gasteiger charge is 2.27. The van der Waals surface area contributed by atoms with Gasteiger partial charge in [-0.3, -0.25) is 18.6 Å². The Labute approximate surface area is 594 Å². The summed E-state index contributed by atoms with van der Waals surface area (Å²) >= 11 is 0. The third-order valence-electron chi connectivity index (χ3n) is 17.5. The van der Waals surface area contributed by atoms with Gasteiger partial charge in [0.05, 0.1) is 27.7 Å². The largest absolute Gasteiger partial charge is 0.472 e. The number of rotatable bonds is 74. The number of carbonyl (C=O) groups excluding carboxylic acids is 2. The van der Waals surface area contributed by atoms with Gasteiger partial charge in [-0.15, -0.1) is 0 Å². The summed E-state index contributed by atoms with van der Waals surface area (Å²) in [5.74, 6) is -0.796. The monoisotopic (exact) mass is 1360 g/mol. The molecule has 0 amide bonds. The van der Waals surface area contributed by atoms with Gasteiger partial charge < -0.3 is 18.9 Å². The summed E-state index contributed by atoms with van der Waals surface area (Å²) in [5, 5.41) is 0. The number of carbonyl (C=O) groups is 2. The summed E-state index contributed by atoms with van der Waals surface area (Å²) in [4.78, 5) is 36.0. The van der Waals surface area contributed by atoms with Crippen LogP contribution in [-0.2, 0) is 32.7 Å². The quantitative estimate of drug-likeness (QED) is 0.0211. The van der Waals surface area contributed by atoms with E-state index in [-0.39, 0.29) is 32.0 Å². The first kappa shape index (κ1) is 92.4. The van der Waals surface area contributed by atoms with Gasteiger partial charge in [-0.25, -0.2) is 4.57 Å². The first-order valence-electron chi connectivity index (χ1n) is 40.3. The molecule has 0 aromatic rings. The average Bonchev–Trinajstić information content (AvgIpc) is 1.97. The van der Waals surface area contributed by atoms with E-state index in [1.165, 1.54) is 225 Å². The number of ether oxygens (including phenoxy) is 2. The molecule has 2 unspecified atom stereocenters. The average molecular weight is 1360 g/mol. The maximum atomic E-state index is 12.9. The van der Waals surface area contributed by atoms with Crippen molar-refractivity contribution in [3.05, 3.63) is 122 Å². The Hall–Kier alpha value is -3.59. The third kappa shape index (κ3) is 79.4. The summed E-state index contributed by atoms with van der Waals surface area (Å²) < 4.78 is 34.8. The van der Waals surface area contributed by atoms with E-state index in [2.05, 4.69) is 135 Å². The second-order valence-electron chi connectivity index (χ2n) is 28.1. The summed E-state index contributed by atoms with van der Waals surface area (Å²) in [7, 11) is 1.47. The molecule has 0 saturated heterocycles. The molecule has 0 aromatic heterocycles. The van der Waals surface area contributed by atoms with E-state index in [1.54, 1.807) is 0 Å². The topological polar surface area (TPSA) is 108 Å². The summed E-state index contributed by atoms with van der Waals surface area (Å²) in [6.07, 6.45) is 109. The highest BCUT2D eigenvalue weighted by molar-refractivity contribution is 7.47. The molecule has 0 aliphatic heterocycles. The molecule has 1 N–H and O–H groups in total. The molecular weight excluding hydrogens is 1210 g/mol. The predicted octanol–water partition coefficient (Wildman–Crippen LogP) is 26.9. The van der Waals surface area contributed by atoms with Gasteiger partial charge in [0.15, 0.2) is 6.10 Å². The second kappa shape index (κ2) is 75.6. The van der Waals surface area contributed by atoms with E-state index in [1.807, 2.05) is 21.1 Å². The van der Waals surface area contributed by atoms with Gasteiger partial charge in [0.25, 0.3) is 0 Å². The van der Waals surface area contributed by atoms with Crippen molar-refractivity contribution in [3.8, 4) is 0 Å². The van der Waals surface area contributed by atoms with Gasteiger partial charge in [0.1, 0.15) is 19.8 Å². The van der Waals surface area contributed by atoms with Crippen LogP contribution in [0, 0.1) is 0 Å². The van der Waals surface area contributed by atoms with Crippen LogP contribution in [0.25, 0.3) is 0 Å². The van der Waals surface area contributed by atoms with Gasteiger partial charge in [-0.2, -0.15) is 0 Å². The lowest BCUT2D eigenvalue weighted by molar-refractivity contribution is -0.870. The number of allylic oxidation sites excluding steroid dienone is 20. The van der Waals surface area contributed by atoms with Crippen molar-refractivity contribution in [1.29, 1.82) is 0 Å². The van der Waals surface area contributed by atoms with E-state index in [0.717, 1.165) is 103 Å². The Bertz CT molecular complexity index is 2040. The van der Waals surface area contributed by atoms with Crippen LogP contribution in [0.2, 0.25) is 0 Å². The van der Waals surface area contributed by atoms with Crippen molar-refractivity contribution in [2.75, 3.05) is 47.5 Å². The van der Waals surface area contributed by atoms with Crippen LogP contribution in [0.15, 0.2) is 122 Å². The lowest BCUT2D eigenvalue weighted by atomic mass is 10.0. The Morgan fingerprint density at radius 1 is 0.333 bits per heavy atom. The van der Waals surface area contributed by atoms with Crippen LogP contribution in [0.1, 0.15) is 361 Å². The molecule has 0 heterocycles. The SMILES string of the molecule is CC/C=C\C/C=C\C/C=C\C/C=C\C/C=C\C/C=C\C/C=C\CCCCCCCCCCCC(=O)OC(COC(=O)CCCCCCCCCCCCCCCCCCCCCCCCCCCC/C=C\C/C=C\C/C=C\CCCCCCC)COP(=O)(O)OCC[N+](C)(C)C. The standard InChI is InChI=1S/C86H152NO8P/c1-6-8-10-12-14-16-18-20-22-24-26-28-30-32-34-36-38-39-40-41-42-43-44-45-46-47-49-50-52-54-56-58-60-62-64-66-68-70-72-74-76-78-85(88)92-82-84(83-94-96(90,91)93-81-80-87(3,4)5)95-86(89)79-77-75-73-71-69-67-65-63-61-59-57-55-53-51-48-37-35-33-31-29-27-25-23-21-19-17-15-13-11-9-7-2/h9,11,15,17-18,20-21,23-24,26-27,29-30,32-33,35,48,51,55,57,84H,6-8,10,12-14,16,19,22,25,28,31,34,36-47,49-50,52-54,56,58-83H2,1-5H3/p+1/b11-9-,17-15-,20-18-,23-21-,26-24-,29-27-,32-30-,35-33-,51-48-,57-55-. The Morgan fingerprint density at radius 2 is 0.594 bits per heavy atom. The summed E-state index contributed by atoms with van der Waals surface area (Å²) in [6, 6.07) is 0. The Kier molecular flexibility index (Phi) is 72.8. The molecule has 0 spiro atoms. The molecule has 9 nitrogen and oxygen atoms in total. The fraction of sp³-hybridized carbons (Fsp3) is 0.744. The number of phosphoric acid groups is 1. The van der Waals surface area contributed by atoms with Crippen LogP contribution >= 0.6 is 7.82 Å². The zero-order valence-corrected chi connectivity index (χ0v) is 64.2. The summed E-state index contributed by atoms with van der Waals surface area (Å²) in [6.45, 7) is 4.33. The predicted molar refractivity (Wildman–Crippen MR) is 418 cm³/mol. The number of likely N-dealkylation sites (N-methyl/N-ethyl adjacent to an activating group) is 1. The van der Waals surface area contributed by atoms with Gasteiger partial charge in [0.2, 0.25) is 0 Å². The lowest BCUT2D eigenvalue weighted by Gasteiger charge is -2.24. The van der Waals surface area contributed by atoms with E-state index in [4.69, 9.17) is 18.5 Å². The van der Waals surface area contributed by atoms with Crippen molar-refractivity contribution in [2.45, 2.75) is 367 Å². The van der Waals surface area contributed by atoms with Crippen molar-refractivity contribution >= 4 is 19.8 Å². The third-order valence-corrected chi connectivity index (χ3v) is 18.5. The molecule has 0 aliphatic rings. The van der Waals surface area contributed by atoms with Crippen LogP contribution in [0.3, 0.4) is 0 Å². The zero-order valence-electron chi connectivity index (χ0n) is 63.3. The van der Waals surface area contributed by atoms with Crippen molar-refractivity contribution in [2.24, 2.45) is 0 Å². The smallest absolute Gasteiger partial charge is 0.462 e. The maximum Gasteiger partial charge on any atom is 0.472 e.